The van der Waals surface area contributed by atoms with Gasteiger partial charge in [0.25, 0.3) is 11.8 Å². The van der Waals surface area contributed by atoms with E-state index >= 15 is 0 Å². The maximum Gasteiger partial charge on any atom is 0.282 e. The second kappa shape index (κ2) is 9.31. The zero-order valence-electron chi connectivity index (χ0n) is 19.8. The zero-order chi connectivity index (χ0) is 24.4. The SMILES string of the molecule is COc1cc(NC2=C(c3ccccc3OC)C(=O)N(c3cc(C)cc(C)c3)C2=O)cc(OC)c1. The molecular formula is C27H26N2O5. The molecule has 3 aromatic rings. The van der Waals surface area contributed by atoms with Crippen LogP contribution in [0.15, 0.2) is 66.4 Å². The molecule has 7 heteroatoms. The van der Waals surface area contributed by atoms with E-state index in [0.717, 1.165) is 11.1 Å². The smallest absolute Gasteiger partial charge is 0.282 e. The number of hydrogen-bond donors (Lipinski definition) is 1. The van der Waals surface area contributed by atoms with Gasteiger partial charge in [0.1, 0.15) is 22.9 Å². The van der Waals surface area contributed by atoms with Gasteiger partial charge in [-0.15, -0.1) is 0 Å². The van der Waals surface area contributed by atoms with Crippen LogP contribution in [0.3, 0.4) is 0 Å². The van der Waals surface area contributed by atoms with Crippen molar-refractivity contribution in [2.24, 2.45) is 0 Å². The summed E-state index contributed by atoms with van der Waals surface area (Å²) >= 11 is 0. The van der Waals surface area contributed by atoms with Gasteiger partial charge in [-0.05, 0) is 43.2 Å². The Morgan fingerprint density at radius 1 is 0.735 bits per heavy atom. The molecule has 0 spiro atoms. The van der Waals surface area contributed by atoms with Crippen LogP contribution in [-0.2, 0) is 9.59 Å². The summed E-state index contributed by atoms with van der Waals surface area (Å²) in [5, 5.41) is 3.15. The summed E-state index contributed by atoms with van der Waals surface area (Å²) in [5.41, 5.74) is 3.85. The number of hydrogen-bond acceptors (Lipinski definition) is 6. The first-order valence-electron chi connectivity index (χ1n) is 10.7. The molecule has 34 heavy (non-hydrogen) atoms. The van der Waals surface area contributed by atoms with Crippen molar-refractivity contribution < 1.29 is 23.8 Å². The average Bonchev–Trinajstić information content (AvgIpc) is 3.06. The molecule has 0 atom stereocenters. The second-order valence-electron chi connectivity index (χ2n) is 7.97. The third-order valence-electron chi connectivity index (χ3n) is 5.55. The molecule has 0 aromatic heterocycles. The normalized spacial score (nSPS) is 13.4. The Morgan fingerprint density at radius 3 is 1.94 bits per heavy atom. The number of nitrogens with zero attached hydrogens (tertiary/aromatic N) is 1. The van der Waals surface area contributed by atoms with Crippen molar-refractivity contribution in [3.63, 3.8) is 0 Å². The number of amides is 2. The quantitative estimate of drug-likeness (QED) is 0.516. The number of anilines is 2. The summed E-state index contributed by atoms with van der Waals surface area (Å²) in [6.45, 7) is 3.86. The van der Waals surface area contributed by atoms with Crippen molar-refractivity contribution in [3.8, 4) is 17.2 Å². The largest absolute Gasteiger partial charge is 0.497 e. The molecule has 0 radical (unpaired) electrons. The highest BCUT2D eigenvalue weighted by Gasteiger charge is 2.41. The highest BCUT2D eigenvalue weighted by Crippen LogP contribution is 2.38. The van der Waals surface area contributed by atoms with Crippen LogP contribution >= 0.6 is 0 Å². The summed E-state index contributed by atoms with van der Waals surface area (Å²) in [6, 6.07) is 17.9. The van der Waals surface area contributed by atoms with E-state index < -0.39 is 11.8 Å². The maximum atomic E-state index is 13.8. The van der Waals surface area contributed by atoms with Gasteiger partial charge in [0.2, 0.25) is 0 Å². The van der Waals surface area contributed by atoms with E-state index in [9.17, 15) is 9.59 Å². The topological polar surface area (TPSA) is 77.1 Å². The number of benzene rings is 3. The average molecular weight is 459 g/mol. The van der Waals surface area contributed by atoms with Gasteiger partial charge in [-0.3, -0.25) is 9.59 Å². The van der Waals surface area contributed by atoms with E-state index in [2.05, 4.69) is 5.32 Å². The lowest BCUT2D eigenvalue weighted by atomic mass is 10.0. The summed E-state index contributed by atoms with van der Waals surface area (Å²) in [4.78, 5) is 28.7. The number of carbonyl (C=O) groups is 2. The Kier molecular flexibility index (Phi) is 6.27. The van der Waals surface area contributed by atoms with Crippen LogP contribution in [0, 0.1) is 13.8 Å². The molecule has 0 saturated heterocycles. The Hall–Kier alpha value is -4.26. The maximum absolute atomic E-state index is 13.8. The summed E-state index contributed by atoms with van der Waals surface area (Å²) in [6.07, 6.45) is 0. The third-order valence-corrected chi connectivity index (χ3v) is 5.55. The Bertz CT molecular complexity index is 1270. The molecule has 3 aromatic carbocycles. The first-order valence-corrected chi connectivity index (χ1v) is 10.7. The van der Waals surface area contributed by atoms with Gasteiger partial charge < -0.3 is 19.5 Å². The minimum absolute atomic E-state index is 0.143. The first kappa shape index (κ1) is 22.9. The van der Waals surface area contributed by atoms with Crippen LogP contribution in [0.2, 0.25) is 0 Å². The molecule has 4 rings (SSSR count). The van der Waals surface area contributed by atoms with Gasteiger partial charge in [-0.25, -0.2) is 4.90 Å². The van der Waals surface area contributed by atoms with E-state index in [4.69, 9.17) is 14.2 Å². The highest BCUT2D eigenvalue weighted by atomic mass is 16.5. The molecule has 1 aliphatic heterocycles. The fourth-order valence-corrected chi connectivity index (χ4v) is 4.08. The van der Waals surface area contributed by atoms with Crippen molar-refractivity contribution >= 4 is 28.8 Å². The predicted octanol–water partition coefficient (Wildman–Crippen LogP) is 4.73. The standard InChI is InChI=1S/C27H26N2O5/c1-16-10-17(2)12-19(11-16)29-26(30)24(22-8-6-7-9-23(22)34-5)25(27(29)31)28-18-13-20(32-3)15-21(14-18)33-4/h6-15,28H,1-5H3. The molecule has 0 aliphatic carbocycles. The number of ether oxygens (including phenoxy) is 3. The molecular weight excluding hydrogens is 432 g/mol. The number of carbonyl (C=O) groups excluding carboxylic acids is 2. The zero-order valence-corrected chi connectivity index (χ0v) is 19.8. The fourth-order valence-electron chi connectivity index (χ4n) is 4.08. The minimum Gasteiger partial charge on any atom is -0.497 e. The number of rotatable bonds is 7. The molecule has 0 bridgehead atoms. The molecule has 0 saturated carbocycles. The van der Waals surface area contributed by atoms with Crippen molar-refractivity contribution in [1.29, 1.82) is 0 Å². The third kappa shape index (κ3) is 4.20. The minimum atomic E-state index is -0.460. The van der Waals surface area contributed by atoms with E-state index in [1.807, 2.05) is 38.1 Å². The van der Waals surface area contributed by atoms with E-state index in [1.54, 1.807) is 50.6 Å². The molecule has 0 unspecified atom stereocenters. The number of methoxy groups -OCH3 is 3. The van der Waals surface area contributed by atoms with E-state index in [1.165, 1.54) is 12.0 Å². The molecule has 1 heterocycles. The van der Waals surface area contributed by atoms with Crippen molar-refractivity contribution in [3.05, 3.63) is 83.1 Å². The number of aryl methyl sites for hydroxylation is 2. The molecule has 1 aliphatic rings. The fraction of sp³-hybridized carbons (Fsp3) is 0.185. The Balaban J connectivity index is 1.89. The van der Waals surface area contributed by atoms with Gasteiger partial charge >= 0.3 is 0 Å². The molecule has 0 fully saturated rings. The molecule has 7 nitrogen and oxygen atoms in total. The van der Waals surface area contributed by atoms with Crippen LogP contribution in [0.5, 0.6) is 17.2 Å². The lowest BCUT2D eigenvalue weighted by molar-refractivity contribution is -0.120. The summed E-state index contributed by atoms with van der Waals surface area (Å²) < 4.78 is 16.2. The van der Waals surface area contributed by atoms with Gasteiger partial charge in [-0.2, -0.15) is 0 Å². The number of imide groups is 1. The summed E-state index contributed by atoms with van der Waals surface area (Å²) in [5.74, 6) is 0.687. The molecule has 174 valence electrons. The Morgan fingerprint density at radius 2 is 1.35 bits per heavy atom. The number of nitrogens with one attached hydrogen (secondary N) is 1. The highest BCUT2D eigenvalue weighted by molar-refractivity contribution is 6.46. The van der Waals surface area contributed by atoms with Gasteiger partial charge in [0, 0.05) is 29.4 Å². The van der Waals surface area contributed by atoms with Crippen molar-refractivity contribution in [2.45, 2.75) is 13.8 Å². The monoisotopic (exact) mass is 458 g/mol. The molecule has 2 amide bonds. The first-order chi connectivity index (χ1) is 16.4. The van der Waals surface area contributed by atoms with E-state index in [0.29, 0.717) is 34.2 Å². The van der Waals surface area contributed by atoms with Crippen LogP contribution in [0.1, 0.15) is 16.7 Å². The van der Waals surface area contributed by atoms with Crippen molar-refractivity contribution in [1.82, 2.24) is 0 Å². The van der Waals surface area contributed by atoms with Crippen LogP contribution in [-0.4, -0.2) is 33.1 Å². The van der Waals surface area contributed by atoms with E-state index in [-0.39, 0.29) is 11.3 Å². The van der Waals surface area contributed by atoms with Gasteiger partial charge in [0.15, 0.2) is 0 Å². The predicted molar refractivity (Wildman–Crippen MR) is 131 cm³/mol. The van der Waals surface area contributed by atoms with Crippen LogP contribution < -0.4 is 24.4 Å². The van der Waals surface area contributed by atoms with Crippen molar-refractivity contribution in [2.75, 3.05) is 31.5 Å². The summed E-state index contributed by atoms with van der Waals surface area (Å²) in [7, 11) is 4.62. The second-order valence-corrected chi connectivity index (χ2v) is 7.97. The van der Waals surface area contributed by atoms with Crippen LogP contribution in [0.25, 0.3) is 5.57 Å². The molecule has 1 N–H and O–H groups in total. The van der Waals surface area contributed by atoms with Gasteiger partial charge in [-0.1, -0.05) is 24.3 Å². The Labute approximate surface area is 198 Å². The number of para-hydroxylation sites is 1. The lowest BCUT2D eigenvalue weighted by Gasteiger charge is -2.17. The lowest BCUT2D eigenvalue weighted by Crippen LogP contribution is -2.32. The van der Waals surface area contributed by atoms with Gasteiger partial charge in [0.05, 0.1) is 32.6 Å². The van der Waals surface area contributed by atoms with Crippen LogP contribution in [0.4, 0.5) is 11.4 Å².